The number of ether oxygens (including phenoxy) is 2. The predicted octanol–water partition coefficient (Wildman–Crippen LogP) is -0.276. The molecule has 0 aromatic heterocycles. The van der Waals surface area contributed by atoms with Gasteiger partial charge in [-0.1, -0.05) is 12.1 Å². The van der Waals surface area contributed by atoms with E-state index < -0.39 is 16.1 Å². The summed E-state index contributed by atoms with van der Waals surface area (Å²) in [5.41, 5.74) is 0.779. The Balaban J connectivity index is 2.52. The van der Waals surface area contributed by atoms with Gasteiger partial charge in [-0.3, -0.25) is 4.79 Å². The third-order valence-corrected chi connectivity index (χ3v) is 4.45. The molecule has 0 saturated heterocycles. The summed E-state index contributed by atoms with van der Waals surface area (Å²) in [6.07, 6.45) is 0. The molecule has 1 amide bonds. The van der Waals surface area contributed by atoms with E-state index in [1.165, 1.54) is 14.2 Å². The van der Waals surface area contributed by atoms with Gasteiger partial charge in [-0.2, -0.15) is 17.4 Å². The van der Waals surface area contributed by atoms with E-state index in [2.05, 4.69) is 10.0 Å². The molecule has 9 heteroatoms. The van der Waals surface area contributed by atoms with Crippen molar-refractivity contribution in [3.63, 3.8) is 0 Å². The fraction of sp³-hybridized carbons (Fsp3) is 0.500. The highest BCUT2D eigenvalue weighted by molar-refractivity contribution is 7.87. The zero-order chi connectivity index (χ0) is 17.3. The van der Waals surface area contributed by atoms with Crippen LogP contribution in [0.3, 0.4) is 0 Å². The molecule has 23 heavy (non-hydrogen) atoms. The molecule has 0 aliphatic rings. The van der Waals surface area contributed by atoms with Crippen LogP contribution in [0.4, 0.5) is 0 Å². The maximum Gasteiger partial charge on any atom is 0.279 e. The summed E-state index contributed by atoms with van der Waals surface area (Å²) in [5, 5.41) is 2.53. The first kappa shape index (κ1) is 19.4. The Hall–Kier alpha value is -1.68. The van der Waals surface area contributed by atoms with Gasteiger partial charge < -0.3 is 14.8 Å². The van der Waals surface area contributed by atoms with E-state index in [4.69, 9.17) is 9.47 Å². The number of rotatable bonds is 10. The van der Waals surface area contributed by atoms with E-state index in [1.807, 2.05) is 0 Å². The normalized spacial score (nSPS) is 11.5. The SMILES string of the molecule is COCCNC(=O)CNS(=O)(=O)N(C)Cc1cccc(OC)c1. The average molecular weight is 345 g/mol. The lowest BCUT2D eigenvalue weighted by Gasteiger charge is -2.18. The summed E-state index contributed by atoms with van der Waals surface area (Å²) in [5.74, 6) is 0.235. The number of benzene rings is 1. The fourth-order valence-electron chi connectivity index (χ4n) is 1.73. The van der Waals surface area contributed by atoms with Gasteiger partial charge in [0.15, 0.2) is 0 Å². The minimum absolute atomic E-state index is 0.165. The Bertz CT molecular complexity index is 606. The number of hydrogen-bond donors (Lipinski definition) is 2. The van der Waals surface area contributed by atoms with E-state index in [-0.39, 0.29) is 13.1 Å². The van der Waals surface area contributed by atoms with Crippen molar-refractivity contribution in [2.24, 2.45) is 0 Å². The molecule has 130 valence electrons. The second kappa shape index (κ2) is 9.46. The van der Waals surface area contributed by atoms with Crippen molar-refractivity contribution in [3.05, 3.63) is 29.8 Å². The first-order valence-corrected chi connectivity index (χ1v) is 8.42. The Morgan fingerprint density at radius 1 is 1.30 bits per heavy atom. The molecule has 0 bridgehead atoms. The van der Waals surface area contributed by atoms with E-state index in [0.717, 1.165) is 9.87 Å². The van der Waals surface area contributed by atoms with Gasteiger partial charge in [-0.25, -0.2) is 0 Å². The highest BCUT2D eigenvalue weighted by atomic mass is 32.2. The number of nitrogens with one attached hydrogen (secondary N) is 2. The van der Waals surface area contributed by atoms with E-state index >= 15 is 0 Å². The van der Waals surface area contributed by atoms with Gasteiger partial charge in [0.1, 0.15) is 5.75 Å². The van der Waals surface area contributed by atoms with Crippen molar-refractivity contribution in [1.82, 2.24) is 14.3 Å². The largest absolute Gasteiger partial charge is 0.497 e. The molecule has 0 saturated carbocycles. The number of hydrogen-bond acceptors (Lipinski definition) is 5. The minimum Gasteiger partial charge on any atom is -0.497 e. The number of carbonyl (C=O) groups excluding carboxylic acids is 1. The number of amides is 1. The summed E-state index contributed by atoms with van der Waals surface area (Å²) < 4.78 is 37.5. The van der Waals surface area contributed by atoms with Gasteiger partial charge in [-0.05, 0) is 17.7 Å². The van der Waals surface area contributed by atoms with Crippen LogP contribution < -0.4 is 14.8 Å². The zero-order valence-electron chi connectivity index (χ0n) is 13.5. The summed E-state index contributed by atoms with van der Waals surface area (Å²) in [6.45, 7) is 0.539. The quantitative estimate of drug-likeness (QED) is 0.569. The highest BCUT2D eigenvalue weighted by Crippen LogP contribution is 2.14. The van der Waals surface area contributed by atoms with Crippen LogP contribution in [0.1, 0.15) is 5.56 Å². The lowest BCUT2D eigenvalue weighted by atomic mass is 10.2. The van der Waals surface area contributed by atoms with Gasteiger partial charge >= 0.3 is 0 Å². The van der Waals surface area contributed by atoms with Gasteiger partial charge in [0.25, 0.3) is 10.2 Å². The zero-order valence-corrected chi connectivity index (χ0v) is 14.4. The molecular weight excluding hydrogens is 322 g/mol. The second-order valence-electron chi connectivity index (χ2n) is 4.78. The topological polar surface area (TPSA) is 97.0 Å². The number of carbonyl (C=O) groups is 1. The Morgan fingerprint density at radius 3 is 2.70 bits per heavy atom. The smallest absolute Gasteiger partial charge is 0.279 e. The summed E-state index contributed by atoms with van der Waals surface area (Å²) in [4.78, 5) is 11.5. The molecular formula is C14H23N3O5S. The van der Waals surface area contributed by atoms with Crippen LogP contribution in [0.5, 0.6) is 5.75 Å². The van der Waals surface area contributed by atoms with E-state index in [0.29, 0.717) is 18.9 Å². The van der Waals surface area contributed by atoms with E-state index in [9.17, 15) is 13.2 Å². The van der Waals surface area contributed by atoms with Crippen LogP contribution >= 0.6 is 0 Å². The molecule has 0 unspecified atom stereocenters. The Kier molecular flexibility index (Phi) is 7.96. The van der Waals surface area contributed by atoms with Gasteiger partial charge in [0.2, 0.25) is 5.91 Å². The standard InChI is InChI=1S/C14H23N3O5S/c1-17(11-12-5-4-6-13(9-12)22-3)23(19,20)16-10-14(18)15-7-8-21-2/h4-6,9,16H,7-8,10-11H2,1-3H3,(H,15,18). The third kappa shape index (κ3) is 6.95. The molecule has 0 spiro atoms. The van der Waals surface area contributed by atoms with Crippen LogP contribution in [0.2, 0.25) is 0 Å². The highest BCUT2D eigenvalue weighted by Gasteiger charge is 2.18. The first-order chi connectivity index (χ1) is 10.9. The Morgan fingerprint density at radius 2 is 2.04 bits per heavy atom. The minimum atomic E-state index is -3.75. The monoisotopic (exact) mass is 345 g/mol. The van der Waals surface area contributed by atoms with Crippen molar-refractivity contribution in [3.8, 4) is 5.75 Å². The van der Waals surface area contributed by atoms with E-state index in [1.54, 1.807) is 31.4 Å². The van der Waals surface area contributed by atoms with Crippen molar-refractivity contribution in [2.45, 2.75) is 6.54 Å². The lowest BCUT2D eigenvalue weighted by Crippen LogP contribution is -2.43. The van der Waals surface area contributed by atoms with Crippen LogP contribution in [0.25, 0.3) is 0 Å². The molecule has 8 nitrogen and oxygen atoms in total. The molecule has 0 atom stereocenters. The van der Waals surface area contributed by atoms with Crippen molar-refractivity contribution < 1.29 is 22.7 Å². The summed E-state index contributed by atoms with van der Waals surface area (Å²) in [6, 6.07) is 7.11. The molecule has 0 aliphatic carbocycles. The Labute approximate surface area is 136 Å². The third-order valence-electron chi connectivity index (χ3n) is 2.99. The van der Waals surface area contributed by atoms with Crippen LogP contribution in [-0.2, 0) is 26.3 Å². The second-order valence-corrected chi connectivity index (χ2v) is 6.64. The number of nitrogens with zero attached hydrogens (tertiary/aromatic N) is 1. The molecule has 0 fully saturated rings. The molecule has 0 aliphatic heterocycles. The first-order valence-electron chi connectivity index (χ1n) is 6.98. The van der Waals surface area contributed by atoms with Crippen LogP contribution in [0.15, 0.2) is 24.3 Å². The molecule has 0 radical (unpaired) electrons. The van der Waals surface area contributed by atoms with Crippen molar-refractivity contribution >= 4 is 16.1 Å². The summed E-state index contributed by atoms with van der Waals surface area (Å²) in [7, 11) is 0.743. The predicted molar refractivity (Wildman–Crippen MR) is 86.3 cm³/mol. The molecule has 2 N–H and O–H groups in total. The maximum absolute atomic E-state index is 12.1. The van der Waals surface area contributed by atoms with Crippen molar-refractivity contribution in [2.75, 3.05) is 41.0 Å². The van der Waals surface area contributed by atoms with Gasteiger partial charge in [0.05, 0.1) is 20.3 Å². The lowest BCUT2D eigenvalue weighted by molar-refractivity contribution is -0.120. The van der Waals surface area contributed by atoms with Crippen LogP contribution in [0, 0.1) is 0 Å². The number of methoxy groups -OCH3 is 2. The van der Waals surface area contributed by atoms with Gasteiger partial charge in [-0.15, -0.1) is 0 Å². The molecule has 1 aromatic carbocycles. The fourth-order valence-corrected chi connectivity index (χ4v) is 2.59. The maximum atomic E-state index is 12.1. The average Bonchev–Trinajstić information content (AvgIpc) is 2.53. The molecule has 0 heterocycles. The van der Waals surface area contributed by atoms with Gasteiger partial charge in [0, 0.05) is 27.2 Å². The molecule has 1 rings (SSSR count). The van der Waals surface area contributed by atoms with Crippen LogP contribution in [-0.4, -0.2) is 59.6 Å². The van der Waals surface area contributed by atoms with Crippen molar-refractivity contribution in [1.29, 1.82) is 0 Å². The molecule has 1 aromatic rings. The summed E-state index contributed by atoms with van der Waals surface area (Å²) >= 11 is 0.